The summed E-state index contributed by atoms with van der Waals surface area (Å²) in [5.41, 5.74) is 1.64. The van der Waals surface area contributed by atoms with Gasteiger partial charge in [-0.25, -0.2) is 9.97 Å². The lowest BCUT2D eigenvalue weighted by atomic mass is 9.80. The molecule has 9 heteroatoms. The number of methoxy groups -OCH3 is 1. The van der Waals surface area contributed by atoms with E-state index in [9.17, 15) is 13.6 Å². The Hall–Kier alpha value is -2.30. The number of hydrogen-bond donors (Lipinski definition) is 1. The maximum atomic E-state index is 13.6. The Morgan fingerprint density at radius 1 is 1.24 bits per heavy atom. The second-order valence-corrected chi connectivity index (χ2v) is 10.7. The first-order valence-electron chi connectivity index (χ1n) is 11.0. The molecule has 1 atom stereocenters. The summed E-state index contributed by atoms with van der Waals surface area (Å²) in [5, 5.41) is 2.73. The molecule has 0 aromatic carbocycles. The Kier molecular flexibility index (Phi) is 6.88. The standard InChI is InChI=1S/C24H27F2IN4O2/c1-14(27)15-7-9-16(10-8-15)18-12-31-13-19(20(33-3)11-22(31)29-18)30-23(32)17-5-4-6-21(28-17)24(2,25)26/h4-6,11-16H,7-10H2,1-3H3,(H,30,32). The molecule has 1 unspecified atom stereocenters. The molecule has 3 aromatic heterocycles. The van der Waals surface area contributed by atoms with Crippen molar-refractivity contribution < 1.29 is 18.3 Å². The van der Waals surface area contributed by atoms with Crippen molar-refractivity contribution >= 4 is 39.8 Å². The molecule has 1 amide bonds. The van der Waals surface area contributed by atoms with Crippen LogP contribution in [0, 0.1) is 5.92 Å². The number of halogens is 3. The predicted molar refractivity (Wildman–Crippen MR) is 132 cm³/mol. The largest absolute Gasteiger partial charge is 0.494 e. The van der Waals surface area contributed by atoms with E-state index < -0.39 is 17.5 Å². The van der Waals surface area contributed by atoms with Gasteiger partial charge in [0.2, 0.25) is 0 Å². The highest BCUT2D eigenvalue weighted by atomic mass is 127. The third kappa shape index (κ3) is 5.28. The van der Waals surface area contributed by atoms with Crippen LogP contribution < -0.4 is 10.1 Å². The lowest BCUT2D eigenvalue weighted by Crippen LogP contribution is -2.19. The van der Waals surface area contributed by atoms with E-state index in [1.165, 1.54) is 38.2 Å². The van der Waals surface area contributed by atoms with Crippen LogP contribution in [0.2, 0.25) is 0 Å². The molecule has 1 aliphatic rings. The first kappa shape index (κ1) is 23.8. The number of aromatic nitrogens is 3. The van der Waals surface area contributed by atoms with E-state index in [0.29, 0.717) is 21.3 Å². The van der Waals surface area contributed by atoms with Crippen molar-refractivity contribution in [2.75, 3.05) is 12.4 Å². The van der Waals surface area contributed by atoms with Crippen molar-refractivity contribution in [3.05, 3.63) is 53.7 Å². The van der Waals surface area contributed by atoms with Crippen LogP contribution >= 0.6 is 22.6 Å². The van der Waals surface area contributed by atoms with Gasteiger partial charge in [-0.15, -0.1) is 0 Å². The quantitative estimate of drug-likeness (QED) is 0.284. The highest BCUT2D eigenvalue weighted by Crippen LogP contribution is 2.39. The fourth-order valence-electron chi connectivity index (χ4n) is 4.36. The second-order valence-electron chi connectivity index (χ2n) is 8.73. The highest BCUT2D eigenvalue weighted by Gasteiger charge is 2.28. The summed E-state index contributed by atoms with van der Waals surface area (Å²) in [5.74, 6) is -2.10. The molecule has 0 saturated heterocycles. The van der Waals surface area contributed by atoms with Gasteiger partial charge in [0, 0.05) is 35.2 Å². The number of ether oxygens (including phenoxy) is 1. The molecule has 3 heterocycles. The van der Waals surface area contributed by atoms with Gasteiger partial charge in [-0.3, -0.25) is 4.79 Å². The average molecular weight is 568 g/mol. The molecule has 0 bridgehead atoms. The molecule has 1 saturated carbocycles. The van der Waals surface area contributed by atoms with Crippen LogP contribution in [0.1, 0.15) is 67.3 Å². The number of rotatable bonds is 6. The summed E-state index contributed by atoms with van der Waals surface area (Å²) in [7, 11) is 1.51. The van der Waals surface area contributed by atoms with Crippen LogP contribution in [0.5, 0.6) is 5.75 Å². The van der Waals surface area contributed by atoms with E-state index in [1.807, 2.05) is 10.6 Å². The maximum Gasteiger partial charge on any atom is 0.287 e. The number of pyridine rings is 2. The second kappa shape index (κ2) is 9.52. The Balaban J connectivity index is 1.56. The molecule has 4 rings (SSSR count). The van der Waals surface area contributed by atoms with E-state index in [0.717, 1.165) is 37.0 Å². The molecule has 0 radical (unpaired) electrons. The Bertz CT molecular complexity index is 1150. The fraction of sp³-hybridized carbons (Fsp3) is 0.458. The van der Waals surface area contributed by atoms with Crippen molar-refractivity contribution in [2.24, 2.45) is 5.92 Å². The molecule has 6 nitrogen and oxygen atoms in total. The molecule has 33 heavy (non-hydrogen) atoms. The van der Waals surface area contributed by atoms with E-state index in [4.69, 9.17) is 9.72 Å². The number of alkyl halides is 3. The molecular weight excluding hydrogens is 541 g/mol. The molecule has 176 valence electrons. The number of anilines is 1. The summed E-state index contributed by atoms with van der Waals surface area (Å²) in [6.45, 7) is 3.03. The smallest absolute Gasteiger partial charge is 0.287 e. The topological polar surface area (TPSA) is 68.5 Å². The highest BCUT2D eigenvalue weighted by molar-refractivity contribution is 14.1. The van der Waals surface area contributed by atoms with Gasteiger partial charge >= 0.3 is 0 Å². The van der Waals surface area contributed by atoms with Gasteiger partial charge in [0.1, 0.15) is 28.5 Å². The summed E-state index contributed by atoms with van der Waals surface area (Å²) in [6, 6.07) is 5.76. The molecule has 3 aromatic rings. The third-order valence-electron chi connectivity index (χ3n) is 6.31. The zero-order chi connectivity index (χ0) is 23.8. The Morgan fingerprint density at radius 3 is 2.61 bits per heavy atom. The lowest BCUT2D eigenvalue weighted by Gasteiger charge is -2.29. The van der Waals surface area contributed by atoms with Gasteiger partial charge in [0.25, 0.3) is 11.8 Å². The van der Waals surface area contributed by atoms with E-state index in [2.05, 4.69) is 39.8 Å². The average Bonchev–Trinajstić information content (AvgIpc) is 3.21. The van der Waals surface area contributed by atoms with Gasteiger partial charge in [-0.05, 0) is 43.7 Å². The van der Waals surface area contributed by atoms with Crippen molar-refractivity contribution in [3.63, 3.8) is 0 Å². The molecule has 0 spiro atoms. The van der Waals surface area contributed by atoms with Crippen LogP contribution in [-0.4, -0.2) is 31.3 Å². The summed E-state index contributed by atoms with van der Waals surface area (Å²) in [4.78, 5) is 21.4. The normalized spacial score (nSPS) is 19.9. The van der Waals surface area contributed by atoms with Crippen molar-refractivity contribution in [1.82, 2.24) is 14.4 Å². The number of carbonyl (C=O) groups excluding carboxylic acids is 1. The summed E-state index contributed by atoms with van der Waals surface area (Å²) >= 11 is 2.52. The number of nitrogens with one attached hydrogen (secondary N) is 1. The summed E-state index contributed by atoms with van der Waals surface area (Å²) in [6.07, 6.45) is 8.38. The zero-order valence-electron chi connectivity index (χ0n) is 18.8. The van der Waals surface area contributed by atoms with Crippen molar-refractivity contribution in [2.45, 2.75) is 55.3 Å². The van der Waals surface area contributed by atoms with Crippen molar-refractivity contribution in [1.29, 1.82) is 0 Å². The van der Waals surface area contributed by atoms with Crippen molar-refractivity contribution in [3.8, 4) is 5.75 Å². The van der Waals surface area contributed by atoms with Crippen LogP contribution in [0.3, 0.4) is 0 Å². The summed E-state index contributed by atoms with van der Waals surface area (Å²) < 4.78 is 35.2. The zero-order valence-corrected chi connectivity index (χ0v) is 21.0. The molecule has 1 aliphatic carbocycles. The van der Waals surface area contributed by atoms with Gasteiger partial charge in [0.15, 0.2) is 0 Å². The predicted octanol–water partition coefficient (Wildman–Crippen LogP) is 6.20. The van der Waals surface area contributed by atoms with E-state index in [1.54, 1.807) is 12.3 Å². The van der Waals surface area contributed by atoms with Crippen LogP contribution in [0.15, 0.2) is 36.7 Å². The Labute approximate surface area is 205 Å². The van der Waals surface area contributed by atoms with Gasteiger partial charge in [-0.1, -0.05) is 35.6 Å². The number of nitrogens with zero attached hydrogens (tertiary/aromatic N) is 3. The minimum Gasteiger partial charge on any atom is -0.494 e. The van der Waals surface area contributed by atoms with Gasteiger partial charge in [0.05, 0.1) is 12.8 Å². The minimum atomic E-state index is -3.13. The Morgan fingerprint density at radius 2 is 1.97 bits per heavy atom. The fourth-order valence-corrected chi connectivity index (χ4v) is 5.08. The monoisotopic (exact) mass is 568 g/mol. The number of carbonyl (C=O) groups is 1. The number of amides is 1. The first-order valence-corrected chi connectivity index (χ1v) is 12.3. The van der Waals surface area contributed by atoms with Crippen LogP contribution in [0.4, 0.5) is 14.5 Å². The van der Waals surface area contributed by atoms with E-state index in [-0.39, 0.29) is 5.69 Å². The molecular formula is C24H27F2IN4O2. The number of fused-ring (bicyclic) bond motifs is 1. The maximum absolute atomic E-state index is 13.6. The van der Waals surface area contributed by atoms with Gasteiger partial charge < -0.3 is 14.5 Å². The third-order valence-corrected chi connectivity index (χ3v) is 7.33. The molecule has 1 fully saturated rings. The van der Waals surface area contributed by atoms with Crippen LogP contribution in [-0.2, 0) is 5.92 Å². The van der Waals surface area contributed by atoms with Crippen LogP contribution in [0.25, 0.3) is 5.65 Å². The number of hydrogen-bond acceptors (Lipinski definition) is 4. The molecule has 1 N–H and O–H groups in total. The minimum absolute atomic E-state index is 0.0938. The first-order chi connectivity index (χ1) is 15.7. The lowest BCUT2D eigenvalue weighted by molar-refractivity contribution is 0.0126. The SMILES string of the molecule is COc1cc2nc(C3CCC(C(C)I)CC3)cn2cc1NC(=O)c1cccc(C(C)(F)F)n1. The van der Waals surface area contributed by atoms with Gasteiger partial charge in [-0.2, -0.15) is 8.78 Å². The number of imidazole rings is 1. The molecule has 0 aliphatic heterocycles. The van der Waals surface area contributed by atoms with E-state index >= 15 is 0 Å².